The average molecular weight is 562 g/mol. The summed E-state index contributed by atoms with van der Waals surface area (Å²) >= 11 is 1.13. The van der Waals surface area contributed by atoms with Crippen LogP contribution < -0.4 is 20.4 Å². The molecule has 3 heterocycles. The number of rotatable bonds is 7. The molecule has 0 aliphatic carbocycles. The van der Waals surface area contributed by atoms with Gasteiger partial charge in [-0.15, -0.1) is 0 Å². The summed E-state index contributed by atoms with van der Waals surface area (Å²) < 4.78 is 9.22. The number of fused-ring (bicyclic) bond motifs is 1. The van der Waals surface area contributed by atoms with Gasteiger partial charge in [0, 0.05) is 23.7 Å². The highest BCUT2D eigenvalue weighted by Crippen LogP contribution is 2.27. The van der Waals surface area contributed by atoms with Crippen molar-refractivity contribution in [3.63, 3.8) is 0 Å². The van der Waals surface area contributed by atoms with Crippen LogP contribution in [0.4, 0.5) is 0 Å². The van der Waals surface area contributed by atoms with Gasteiger partial charge in [0.2, 0.25) is 4.96 Å². The fourth-order valence-electron chi connectivity index (χ4n) is 4.49. The van der Waals surface area contributed by atoms with Gasteiger partial charge >= 0.3 is 0 Å². The average Bonchev–Trinajstić information content (AvgIpc) is 3.51. The molecule has 0 N–H and O–H groups in total. The number of benzene rings is 3. The molecule has 0 bridgehead atoms. The SMILES string of the molecule is Cc1ccc(Cc2nn3c(=O)c(=Cc4cn(-c5ccccc5)nc4-c4ccc(OC(C)C)cc4)sc3nc2=O)cc1. The zero-order valence-electron chi connectivity index (χ0n) is 22.8. The number of para-hydroxylation sites is 1. The quantitative estimate of drug-likeness (QED) is 0.283. The van der Waals surface area contributed by atoms with Gasteiger partial charge in [-0.05, 0) is 68.8 Å². The first-order chi connectivity index (χ1) is 19.8. The number of nitrogens with zero attached hydrogens (tertiary/aromatic N) is 5. The fraction of sp³-hybridized carbons (Fsp3) is 0.156. The Morgan fingerprint density at radius 3 is 2.37 bits per heavy atom. The van der Waals surface area contributed by atoms with Crippen LogP contribution in [0.5, 0.6) is 5.75 Å². The molecular weight excluding hydrogens is 534 g/mol. The van der Waals surface area contributed by atoms with E-state index >= 15 is 0 Å². The molecule has 6 aromatic rings. The van der Waals surface area contributed by atoms with Gasteiger partial charge in [0.15, 0.2) is 0 Å². The Morgan fingerprint density at radius 1 is 0.927 bits per heavy atom. The van der Waals surface area contributed by atoms with Gasteiger partial charge in [0.1, 0.15) is 17.1 Å². The van der Waals surface area contributed by atoms with Crippen LogP contribution in [0.1, 0.15) is 36.2 Å². The Bertz CT molecular complexity index is 2010. The molecule has 0 spiro atoms. The second-order valence-corrected chi connectivity index (χ2v) is 11.0. The van der Waals surface area contributed by atoms with E-state index in [4.69, 9.17) is 9.84 Å². The highest BCUT2D eigenvalue weighted by Gasteiger charge is 2.15. The van der Waals surface area contributed by atoms with Crippen LogP contribution in [0, 0.1) is 6.92 Å². The van der Waals surface area contributed by atoms with Crippen molar-refractivity contribution < 1.29 is 4.74 Å². The van der Waals surface area contributed by atoms with E-state index in [1.54, 1.807) is 10.8 Å². The maximum absolute atomic E-state index is 13.5. The Hall–Kier alpha value is -4.89. The van der Waals surface area contributed by atoms with Crippen LogP contribution in [0.2, 0.25) is 0 Å². The summed E-state index contributed by atoms with van der Waals surface area (Å²) in [6.45, 7) is 5.97. The third kappa shape index (κ3) is 5.57. The minimum Gasteiger partial charge on any atom is -0.491 e. The van der Waals surface area contributed by atoms with E-state index < -0.39 is 5.56 Å². The van der Waals surface area contributed by atoms with Gasteiger partial charge in [0.25, 0.3) is 11.1 Å². The summed E-state index contributed by atoms with van der Waals surface area (Å²) in [6.07, 6.45) is 4.04. The summed E-state index contributed by atoms with van der Waals surface area (Å²) in [4.78, 5) is 30.7. The second-order valence-electron chi connectivity index (χ2n) is 10.0. The summed E-state index contributed by atoms with van der Waals surface area (Å²) in [5, 5.41) is 9.27. The lowest BCUT2D eigenvalue weighted by atomic mass is 10.1. The van der Waals surface area contributed by atoms with Gasteiger partial charge in [0.05, 0.1) is 16.3 Å². The number of hydrogen-bond acceptors (Lipinski definition) is 7. The lowest BCUT2D eigenvalue weighted by Gasteiger charge is -2.09. The van der Waals surface area contributed by atoms with E-state index in [2.05, 4.69) is 10.1 Å². The lowest BCUT2D eigenvalue weighted by Crippen LogP contribution is -2.28. The topological polar surface area (TPSA) is 91.4 Å². The van der Waals surface area contributed by atoms with E-state index in [1.165, 1.54) is 4.52 Å². The van der Waals surface area contributed by atoms with Gasteiger partial charge in [-0.3, -0.25) is 9.59 Å². The molecule has 3 aromatic heterocycles. The molecule has 0 aliphatic heterocycles. The zero-order chi connectivity index (χ0) is 28.5. The molecule has 0 radical (unpaired) electrons. The maximum atomic E-state index is 13.5. The normalized spacial score (nSPS) is 12.0. The van der Waals surface area contributed by atoms with Crippen molar-refractivity contribution in [2.45, 2.75) is 33.3 Å². The standard InChI is InChI=1S/C32H27N5O3S/c1-20(2)40-26-15-13-23(14-16-26)29-24(19-36(35-29)25-7-5-4-6-8-25)18-28-31(39)37-32(41-28)33-30(38)27(34-37)17-22-11-9-21(3)10-12-22/h4-16,18-20H,17H2,1-3H3. The maximum Gasteiger partial charge on any atom is 0.296 e. The molecule has 6 rings (SSSR count). The molecule has 0 atom stereocenters. The predicted octanol–water partition coefficient (Wildman–Crippen LogP) is 4.60. The summed E-state index contributed by atoms with van der Waals surface area (Å²) in [5.74, 6) is 0.770. The summed E-state index contributed by atoms with van der Waals surface area (Å²) in [5.41, 5.74) is 4.74. The molecule has 0 unspecified atom stereocenters. The van der Waals surface area contributed by atoms with Gasteiger partial charge in [-0.25, -0.2) is 4.68 Å². The van der Waals surface area contributed by atoms with Crippen molar-refractivity contribution in [2.24, 2.45) is 0 Å². The van der Waals surface area contributed by atoms with Crippen LogP contribution in [0.25, 0.3) is 28.0 Å². The van der Waals surface area contributed by atoms with E-state index in [9.17, 15) is 9.59 Å². The van der Waals surface area contributed by atoms with Crippen molar-refractivity contribution in [1.29, 1.82) is 0 Å². The van der Waals surface area contributed by atoms with Crippen LogP contribution in [0.3, 0.4) is 0 Å². The second kappa shape index (κ2) is 10.9. The van der Waals surface area contributed by atoms with Gasteiger partial charge < -0.3 is 4.74 Å². The molecular formula is C32H27N5O3S. The summed E-state index contributed by atoms with van der Waals surface area (Å²) in [7, 11) is 0. The monoisotopic (exact) mass is 561 g/mol. The number of ether oxygens (including phenoxy) is 1. The number of hydrogen-bond donors (Lipinski definition) is 0. The lowest BCUT2D eigenvalue weighted by molar-refractivity contribution is 0.242. The largest absolute Gasteiger partial charge is 0.491 e. The van der Waals surface area contributed by atoms with Crippen LogP contribution in [-0.2, 0) is 6.42 Å². The smallest absolute Gasteiger partial charge is 0.296 e. The van der Waals surface area contributed by atoms with Gasteiger partial charge in [-0.1, -0.05) is 59.4 Å². The van der Waals surface area contributed by atoms with Gasteiger partial charge in [-0.2, -0.15) is 19.7 Å². The number of aromatic nitrogens is 5. The fourth-order valence-corrected chi connectivity index (χ4v) is 5.38. The molecule has 0 saturated carbocycles. The third-order valence-electron chi connectivity index (χ3n) is 6.49. The summed E-state index contributed by atoms with van der Waals surface area (Å²) in [6, 6.07) is 25.4. The molecule has 0 aliphatic rings. The zero-order valence-corrected chi connectivity index (χ0v) is 23.6. The first kappa shape index (κ1) is 26.3. The van der Waals surface area contributed by atoms with Crippen molar-refractivity contribution in [1.82, 2.24) is 24.4 Å². The molecule has 0 amide bonds. The highest BCUT2D eigenvalue weighted by atomic mass is 32.1. The van der Waals surface area contributed by atoms with Crippen molar-refractivity contribution in [2.75, 3.05) is 0 Å². The van der Waals surface area contributed by atoms with Crippen molar-refractivity contribution in [3.8, 4) is 22.7 Å². The molecule has 204 valence electrons. The molecule has 8 nitrogen and oxygen atoms in total. The Morgan fingerprint density at radius 2 is 1.66 bits per heavy atom. The Kier molecular flexibility index (Phi) is 7.03. The van der Waals surface area contributed by atoms with Crippen molar-refractivity contribution in [3.05, 3.63) is 133 Å². The molecule has 0 fully saturated rings. The number of thiazole rings is 1. The van der Waals surface area contributed by atoms with Crippen molar-refractivity contribution >= 4 is 22.4 Å². The highest BCUT2D eigenvalue weighted by molar-refractivity contribution is 7.15. The number of aryl methyl sites for hydroxylation is 1. The van der Waals surface area contributed by atoms with E-state index in [0.29, 0.717) is 16.6 Å². The van der Waals surface area contributed by atoms with Crippen LogP contribution in [-0.4, -0.2) is 30.5 Å². The predicted molar refractivity (Wildman–Crippen MR) is 161 cm³/mol. The first-order valence-electron chi connectivity index (χ1n) is 13.3. The molecule has 41 heavy (non-hydrogen) atoms. The van der Waals surface area contributed by atoms with E-state index in [1.807, 2.05) is 106 Å². The molecule has 0 saturated heterocycles. The first-order valence-corrected chi connectivity index (χ1v) is 14.1. The van der Waals surface area contributed by atoms with Crippen LogP contribution in [0.15, 0.2) is 94.6 Å². The van der Waals surface area contributed by atoms with E-state index in [-0.39, 0.29) is 22.3 Å². The minimum atomic E-state index is -0.431. The van der Waals surface area contributed by atoms with E-state index in [0.717, 1.165) is 45.0 Å². The Labute approximate surface area is 239 Å². The third-order valence-corrected chi connectivity index (χ3v) is 7.45. The molecule has 9 heteroatoms. The minimum absolute atomic E-state index is 0.0669. The molecule has 3 aromatic carbocycles. The van der Waals surface area contributed by atoms with Crippen LogP contribution >= 0.6 is 11.3 Å². The Balaban J connectivity index is 1.45.